The van der Waals surface area contributed by atoms with Crippen LogP contribution in [0.25, 0.3) is 11.0 Å². The van der Waals surface area contributed by atoms with Gasteiger partial charge in [-0.15, -0.1) is 11.8 Å². The largest absolute Gasteiger partial charge is 0.422 e. The van der Waals surface area contributed by atoms with Gasteiger partial charge in [0.2, 0.25) is 0 Å². The van der Waals surface area contributed by atoms with Crippen LogP contribution in [0.2, 0.25) is 0 Å². The Morgan fingerprint density at radius 2 is 1.75 bits per heavy atom. The van der Waals surface area contributed by atoms with Crippen molar-refractivity contribution in [3.8, 4) is 0 Å². The Kier molecular flexibility index (Phi) is 2.67. The predicted molar refractivity (Wildman–Crippen MR) is 81.2 cm³/mol. The van der Waals surface area contributed by atoms with Crippen LogP contribution in [0.3, 0.4) is 0 Å². The molecule has 0 saturated heterocycles. The van der Waals surface area contributed by atoms with Crippen LogP contribution in [0.1, 0.15) is 16.4 Å². The first-order valence-electron chi connectivity index (χ1n) is 6.59. The van der Waals surface area contributed by atoms with Crippen LogP contribution in [0, 0.1) is 0 Å². The lowest BCUT2D eigenvalue weighted by Gasteiger charge is -2.07. The van der Waals surface area contributed by atoms with E-state index in [2.05, 4.69) is 12.1 Å². The molecule has 2 aromatic carbocycles. The van der Waals surface area contributed by atoms with Crippen molar-refractivity contribution in [1.82, 2.24) is 0 Å². The monoisotopic (exact) mass is 280 g/mol. The topological polar surface area (TPSA) is 30.2 Å². The molecule has 0 N–H and O–H groups in total. The number of rotatable bonds is 1. The summed E-state index contributed by atoms with van der Waals surface area (Å²) in [5.41, 5.74) is 2.88. The fourth-order valence-corrected chi connectivity index (χ4v) is 4.04. The SMILES string of the molecule is O=c1oc2ccccc2c2c1S[C@H](c1ccccc1)C2. The first kappa shape index (κ1) is 11.8. The van der Waals surface area contributed by atoms with E-state index in [1.54, 1.807) is 11.8 Å². The minimum Gasteiger partial charge on any atom is -0.422 e. The van der Waals surface area contributed by atoms with E-state index < -0.39 is 0 Å². The summed E-state index contributed by atoms with van der Waals surface area (Å²) in [5.74, 6) is 0. The van der Waals surface area contributed by atoms with Crippen molar-refractivity contribution in [2.24, 2.45) is 0 Å². The highest BCUT2D eigenvalue weighted by Crippen LogP contribution is 2.46. The highest BCUT2D eigenvalue weighted by Gasteiger charge is 2.28. The van der Waals surface area contributed by atoms with Gasteiger partial charge in [-0.2, -0.15) is 0 Å². The third kappa shape index (κ3) is 1.78. The maximum Gasteiger partial charge on any atom is 0.350 e. The molecule has 4 rings (SSSR count). The van der Waals surface area contributed by atoms with Crippen LogP contribution in [-0.2, 0) is 6.42 Å². The molecule has 0 radical (unpaired) electrons. The number of hydrogen-bond acceptors (Lipinski definition) is 3. The van der Waals surface area contributed by atoms with E-state index in [1.165, 1.54) is 5.56 Å². The second kappa shape index (κ2) is 4.53. The smallest absolute Gasteiger partial charge is 0.350 e. The Bertz CT molecular complexity index is 836. The highest BCUT2D eigenvalue weighted by molar-refractivity contribution is 7.99. The predicted octanol–water partition coefficient (Wildman–Crippen LogP) is 4.18. The van der Waals surface area contributed by atoms with Gasteiger partial charge in [0.05, 0.1) is 4.90 Å². The molecular formula is C17H12O2S. The average molecular weight is 280 g/mol. The maximum atomic E-state index is 12.1. The Morgan fingerprint density at radius 3 is 2.60 bits per heavy atom. The number of thioether (sulfide) groups is 1. The van der Waals surface area contributed by atoms with Crippen molar-refractivity contribution < 1.29 is 4.42 Å². The third-order valence-electron chi connectivity index (χ3n) is 3.70. The molecule has 2 nitrogen and oxygen atoms in total. The molecule has 3 heteroatoms. The summed E-state index contributed by atoms with van der Waals surface area (Å²) in [6.07, 6.45) is 0.885. The molecule has 0 spiro atoms. The number of fused-ring (bicyclic) bond motifs is 3. The molecule has 1 atom stereocenters. The molecular weight excluding hydrogens is 268 g/mol. The summed E-state index contributed by atoms with van der Waals surface area (Å²) >= 11 is 1.62. The fourth-order valence-electron chi connectivity index (χ4n) is 2.74. The van der Waals surface area contributed by atoms with Crippen LogP contribution in [-0.4, -0.2) is 0 Å². The first-order chi connectivity index (χ1) is 9.83. The lowest BCUT2D eigenvalue weighted by atomic mass is 10.0. The van der Waals surface area contributed by atoms with Crippen molar-refractivity contribution in [1.29, 1.82) is 0 Å². The fraction of sp³-hybridized carbons (Fsp3) is 0.118. The van der Waals surface area contributed by atoms with Crippen LogP contribution in [0.5, 0.6) is 0 Å². The summed E-state index contributed by atoms with van der Waals surface area (Å²) in [6.45, 7) is 0. The standard InChI is InChI=1S/C17H12O2S/c18-17-16-13(12-8-4-5-9-14(12)19-17)10-15(20-16)11-6-2-1-3-7-11/h1-9,15H,10H2/t15-/m0/s1. The quantitative estimate of drug-likeness (QED) is 0.626. The summed E-state index contributed by atoms with van der Waals surface area (Å²) < 4.78 is 5.41. The van der Waals surface area contributed by atoms with E-state index in [0.29, 0.717) is 10.8 Å². The molecule has 0 amide bonds. The molecule has 1 aliphatic heterocycles. The summed E-state index contributed by atoms with van der Waals surface area (Å²) in [7, 11) is 0. The van der Waals surface area contributed by atoms with Gasteiger partial charge in [-0.3, -0.25) is 0 Å². The molecule has 3 aromatic rings. The van der Waals surface area contributed by atoms with E-state index >= 15 is 0 Å². The van der Waals surface area contributed by atoms with E-state index in [4.69, 9.17) is 4.42 Å². The van der Waals surface area contributed by atoms with Gasteiger partial charge in [-0.05, 0) is 23.6 Å². The first-order valence-corrected chi connectivity index (χ1v) is 7.47. The zero-order valence-corrected chi connectivity index (χ0v) is 11.5. The number of para-hydroxylation sites is 1. The molecule has 1 aliphatic rings. The average Bonchev–Trinajstić information content (AvgIpc) is 2.94. The molecule has 0 fully saturated rings. The van der Waals surface area contributed by atoms with Gasteiger partial charge >= 0.3 is 5.63 Å². The molecule has 98 valence electrons. The van der Waals surface area contributed by atoms with Crippen LogP contribution < -0.4 is 5.63 Å². The van der Waals surface area contributed by atoms with Gasteiger partial charge in [0.25, 0.3) is 0 Å². The van der Waals surface area contributed by atoms with Crippen molar-refractivity contribution in [2.75, 3.05) is 0 Å². The minimum atomic E-state index is -0.206. The van der Waals surface area contributed by atoms with Gasteiger partial charge in [0.15, 0.2) is 0 Å². The zero-order chi connectivity index (χ0) is 13.5. The van der Waals surface area contributed by atoms with E-state index in [0.717, 1.165) is 22.3 Å². The Labute approximate surface area is 120 Å². The van der Waals surface area contributed by atoms with Crippen molar-refractivity contribution in [3.05, 3.63) is 76.1 Å². The Hall–Kier alpha value is -2.00. The van der Waals surface area contributed by atoms with Crippen LogP contribution in [0.15, 0.2) is 68.7 Å². The normalized spacial score (nSPS) is 17.3. The van der Waals surface area contributed by atoms with Crippen LogP contribution >= 0.6 is 11.8 Å². The molecule has 0 unspecified atom stereocenters. The summed E-state index contributed by atoms with van der Waals surface area (Å²) in [5, 5.41) is 1.37. The van der Waals surface area contributed by atoms with Crippen molar-refractivity contribution in [3.63, 3.8) is 0 Å². The second-order valence-corrected chi connectivity index (χ2v) is 6.13. The third-order valence-corrected chi connectivity index (χ3v) is 5.07. The summed E-state index contributed by atoms with van der Waals surface area (Å²) in [6, 6.07) is 18.1. The highest BCUT2D eigenvalue weighted by atomic mass is 32.2. The molecule has 2 heterocycles. The molecule has 0 saturated carbocycles. The van der Waals surface area contributed by atoms with Gasteiger partial charge in [0, 0.05) is 10.6 Å². The summed E-state index contributed by atoms with van der Waals surface area (Å²) in [4.78, 5) is 12.9. The van der Waals surface area contributed by atoms with Crippen molar-refractivity contribution in [2.45, 2.75) is 16.6 Å². The zero-order valence-electron chi connectivity index (χ0n) is 10.7. The van der Waals surface area contributed by atoms with Crippen molar-refractivity contribution >= 4 is 22.7 Å². The molecule has 0 aliphatic carbocycles. The van der Waals surface area contributed by atoms with E-state index in [-0.39, 0.29) is 5.63 Å². The van der Waals surface area contributed by atoms with Gasteiger partial charge < -0.3 is 4.42 Å². The van der Waals surface area contributed by atoms with Gasteiger partial charge in [0.1, 0.15) is 5.58 Å². The minimum absolute atomic E-state index is 0.206. The molecule has 0 bridgehead atoms. The number of benzene rings is 2. The van der Waals surface area contributed by atoms with Gasteiger partial charge in [-0.1, -0.05) is 48.5 Å². The number of hydrogen-bond donors (Lipinski definition) is 0. The lowest BCUT2D eigenvalue weighted by Crippen LogP contribution is -2.02. The maximum absolute atomic E-state index is 12.1. The Balaban J connectivity index is 1.87. The Morgan fingerprint density at radius 1 is 1.00 bits per heavy atom. The van der Waals surface area contributed by atoms with E-state index in [9.17, 15) is 4.79 Å². The van der Waals surface area contributed by atoms with Crippen LogP contribution in [0.4, 0.5) is 0 Å². The van der Waals surface area contributed by atoms with Gasteiger partial charge in [-0.25, -0.2) is 4.79 Å². The lowest BCUT2D eigenvalue weighted by molar-refractivity contribution is 0.542. The van der Waals surface area contributed by atoms with E-state index in [1.807, 2.05) is 42.5 Å². The molecule has 1 aromatic heterocycles. The second-order valence-electron chi connectivity index (χ2n) is 4.91. The molecule has 20 heavy (non-hydrogen) atoms.